The molecule has 106 valence electrons. The SMILES string of the molecule is CCOc1ccc(C(=O)NCc2cccs2)cc1OC. The quantitative estimate of drug-likeness (QED) is 0.889. The van der Waals surface area contributed by atoms with Crippen LogP contribution in [0.1, 0.15) is 22.2 Å². The highest BCUT2D eigenvalue weighted by atomic mass is 32.1. The molecule has 1 N–H and O–H groups in total. The Kier molecular flexibility index (Phi) is 5.01. The van der Waals surface area contributed by atoms with Crippen molar-refractivity contribution in [2.45, 2.75) is 13.5 Å². The van der Waals surface area contributed by atoms with Crippen molar-refractivity contribution in [2.75, 3.05) is 13.7 Å². The number of nitrogens with one attached hydrogen (secondary N) is 1. The van der Waals surface area contributed by atoms with Gasteiger partial charge in [-0.1, -0.05) is 6.07 Å². The first-order chi connectivity index (χ1) is 9.74. The molecule has 0 saturated carbocycles. The normalized spacial score (nSPS) is 10.1. The minimum Gasteiger partial charge on any atom is -0.493 e. The van der Waals surface area contributed by atoms with Crippen LogP contribution in [0.5, 0.6) is 11.5 Å². The number of rotatable bonds is 6. The molecule has 0 fully saturated rings. The van der Waals surface area contributed by atoms with E-state index in [9.17, 15) is 4.79 Å². The smallest absolute Gasteiger partial charge is 0.251 e. The number of ether oxygens (including phenoxy) is 2. The van der Waals surface area contributed by atoms with Crippen molar-refractivity contribution in [3.8, 4) is 11.5 Å². The molecule has 0 atom stereocenters. The van der Waals surface area contributed by atoms with Gasteiger partial charge in [-0.25, -0.2) is 0 Å². The second-order valence-corrected chi connectivity index (χ2v) is 5.09. The molecule has 0 radical (unpaired) electrons. The summed E-state index contributed by atoms with van der Waals surface area (Å²) in [5.74, 6) is 1.08. The van der Waals surface area contributed by atoms with E-state index in [0.717, 1.165) is 4.88 Å². The summed E-state index contributed by atoms with van der Waals surface area (Å²) < 4.78 is 10.7. The Morgan fingerprint density at radius 2 is 2.15 bits per heavy atom. The number of methoxy groups -OCH3 is 1. The molecule has 1 amide bonds. The van der Waals surface area contributed by atoms with Crippen LogP contribution in [-0.2, 0) is 6.54 Å². The lowest BCUT2D eigenvalue weighted by atomic mass is 10.2. The zero-order valence-electron chi connectivity index (χ0n) is 11.5. The number of thiophene rings is 1. The lowest BCUT2D eigenvalue weighted by Crippen LogP contribution is -2.22. The predicted octanol–water partition coefficient (Wildman–Crippen LogP) is 3.09. The third kappa shape index (κ3) is 3.51. The van der Waals surface area contributed by atoms with E-state index in [1.165, 1.54) is 0 Å². The van der Waals surface area contributed by atoms with Gasteiger partial charge in [0.15, 0.2) is 11.5 Å². The van der Waals surface area contributed by atoms with E-state index < -0.39 is 0 Å². The Morgan fingerprint density at radius 1 is 1.30 bits per heavy atom. The maximum Gasteiger partial charge on any atom is 0.251 e. The van der Waals surface area contributed by atoms with Gasteiger partial charge in [0.25, 0.3) is 5.91 Å². The van der Waals surface area contributed by atoms with Crippen molar-refractivity contribution in [3.05, 3.63) is 46.2 Å². The fourth-order valence-electron chi connectivity index (χ4n) is 1.77. The van der Waals surface area contributed by atoms with Crippen LogP contribution in [0.4, 0.5) is 0 Å². The van der Waals surface area contributed by atoms with Crippen LogP contribution in [0, 0.1) is 0 Å². The van der Waals surface area contributed by atoms with E-state index in [0.29, 0.717) is 30.2 Å². The molecular weight excluding hydrogens is 274 g/mol. The summed E-state index contributed by atoms with van der Waals surface area (Å²) >= 11 is 1.62. The van der Waals surface area contributed by atoms with Crippen molar-refractivity contribution in [1.82, 2.24) is 5.32 Å². The van der Waals surface area contributed by atoms with Gasteiger partial charge in [-0.2, -0.15) is 0 Å². The molecule has 0 saturated heterocycles. The predicted molar refractivity (Wildman–Crippen MR) is 79.7 cm³/mol. The van der Waals surface area contributed by atoms with Crippen LogP contribution in [0.3, 0.4) is 0 Å². The first-order valence-electron chi connectivity index (χ1n) is 6.36. The topological polar surface area (TPSA) is 47.6 Å². The van der Waals surface area contributed by atoms with E-state index >= 15 is 0 Å². The van der Waals surface area contributed by atoms with Crippen LogP contribution >= 0.6 is 11.3 Å². The van der Waals surface area contributed by atoms with Crippen molar-refractivity contribution in [3.63, 3.8) is 0 Å². The molecule has 0 aliphatic rings. The van der Waals surface area contributed by atoms with Crippen molar-refractivity contribution in [1.29, 1.82) is 0 Å². The minimum atomic E-state index is -0.125. The lowest BCUT2D eigenvalue weighted by molar-refractivity contribution is 0.0951. The first-order valence-corrected chi connectivity index (χ1v) is 7.24. The standard InChI is InChI=1S/C15H17NO3S/c1-3-19-13-7-6-11(9-14(13)18-2)15(17)16-10-12-5-4-8-20-12/h4-9H,3,10H2,1-2H3,(H,16,17). The molecule has 0 spiro atoms. The van der Waals surface area contributed by atoms with Crippen molar-refractivity contribution < 1.29 is 14.3 Å². The second kappa shape index (κ2) is 6.96. The molecule has 1 aromatic heterocycles. The third-order valence-corrected chi connectivity index (χ3v) is 3.61. The molecule has 2 aromatic rings. The Labute approximate surface area is 122 Å². The van der Waals surface area contributed by atoms with Crippen molar-refractivity contribution in [2.24, 2.45) is 0 Å². The zero-order valence-corrected chi connectivity index (χ0v) is 12.3. The number of amides is 1. The van der Waals surface area contributed by atoms with Gasteiger partial charge < -0.3 is 14.8 Å². The van der Waals surface area contributed by atoms with E-state index in [1.54, 1.807) is 36.6 Å². The second-order valence-electron chi connectivity index (χ2n) is 4.06. The molecule has 5 heteroatoms. The summed E-state index contributed by atoms with van der Waals surface area (Å²) in [6.07, 6.45) is 0. The van der Waals surface area contributed by atoms with E-state index in [2.05, 4.69) is 5.32 Å². The number of carbonyl (C=O) groups is 1. The van der Waals surface area contributed by atoms with Gasteiger partial charge >= 0.3 is 0 Å². The average Bonchev–Trinajstić information content (AvgIpc) is 2.98. The maximum absolute atomic E-state index is 12.1. The van der Waals surface area contributed by atoms with Crippen LogP contribution in [-0.4, -0.2) is 19.6 Å². The summed E-state index contributed by atoms with van der Waals surface area (Å²) in [5.41, 5.74) is 0.557. The van der Waals surface area contributed by atoms with Crippen LogP contribution < -0.4 is 14.8 Å². The summed E-state index contributed by atoms with van der Waals surface area (Å²) in [6.45, 7) is 2.99. The number of hydrogen-bond acceptors (Lipinski definition) is 4. The lowest BCUT2D eigenvalue weighted by Gasteiger charge is -2.11. The average molecular weight is 291 g/mol. The molecule has 20 heavy (non-hydrogen) atoms. The summed E-state index contributed by atoms with van der Waals surface area (Å²) in [7, 11) is 1.56. The van der Waals surface area contributed by atoms with Crippen LogP contribution in [0.25, 0.3) is 0 Å². The monoisotopic (exact) mass is 291 g/mol. The Balaban J connectivity index is 2.05. The molecular formula is C15H17NO3S. The summed E-state index contributed by atoms with van der Waals surface area (Å²) in [5, 5.41) is 4.87. The van der Waals surface area contributed by atoms with Gasteiger partial charge in [-0.15, -0.1) is 11.3 Å². The highest BCUT2D eigenvalue weighted by Crippen LogP contribution is 2.28. The fraction of sp³-hybridized carbons (Fsp3) is 0.267. The highest BCUT2D eigenvalue weighted by Gasteiger charge is 2.10. The molecule has 2 rings (SSSR count). The van der Waals surface area contributed by atoms with Crippen LogP contribution in [0.2, 0.25) is 0 Å². The number of carbonyl (C=O) groups excluding carboxylic acids is 1. The molecule has 0 aliphatic heterocycles. The Bertz CT molecular complexity index is 567. The first kappa shape index (κ1) is 14.4. The van der Waals surface area contributed by atoms with E-state index in [4.69, 9.17) is 9.47 Å². The Hall–Kier alpha value is -2.01. The minimum absolute atomic E-state index is 0.125. The Morgan fingerprint density at radius 3 is 2.80 bits per heavy atom. The van der Waals surface area contributed by atoms with Gasteiger partial charge in [0.2, 0.25) is 0 Å². The fourth-order valence-corrected chi connectivity index (χ4v) is 2.41. The van der Waals surface area contributed by atoms with E-state index in [1.807, 2.05) is 24.4 Å². The largest absolute Gasteiger partial charge is 0.493 e. The molecule has 4 nitrogen and oxygen atoms in total. The van der Waals surface area contributed by atoms with Gasteiger partial charge in [0, 0.05) is 10.4 Å². The van der Waals surface area contributed by atoms with Gasteiger partial charge in [0.05, 0.1) is 20.3 Å². The molecule has 0 aliphatic carbocycles. The summed E-state index contributed by atoms with van der Waals surface area (Å²) in [4.78, 5) is 13.2. The van der Waals surface area contributed by atoms with Crippen LogP contribution in [0.15, 0.2) is 35.7 Å². The maximum atomic E-state index is 12.1. The number of hydrogen-bond donors (Lipinski definition) is 1. The number of benzene rings is 1. The van der Waals surface area contributed by atoms with Crippen molar-refractivity contribution >= 4 is 17.2 Å². The summed E-state index contributed by atoms with van der Waals surface area (Å²) in [6, 6.07) is 9.13. The molecule has 1 aromatic carbocycles. The molecule has 1 heterocycles. The van der Waals surface area contributed by atoms with E-state index in [-0.39, 0.29) is 5.91 Å². The zero-order chi connectivity index (χ0) is 14.4. The molecule has 0 bridgehead atoms. The van der Waals surface area contributed by atoms with Gasteiger partial charge in [0.1, 0.15) is 0 Å². The van der Waals surface area contributed by atoms with Gasteiger partial charge in [-0.05, 0) is 36.6 Å². The highest BCUT2D eigenvalue weighted by molar-refractivity contribution is 7.09. The third-order valence-electron chi connectivity index (χ3n) is 2.73. The van der Waals surface area contributed by atoms with Gasteiger partial charge in [-0.3, -0.25) is 4.79 Å². The molecule has 0 unspecified atom stereocenters.